The molecule has 92 valence electrons. The number of hydrogen-bond acceptors (Lipinski definition) is 1. The summed E-state index contributed by atoms with van der Waals surface area (Å²) in [7, 11) is 0. The summed E-state index contributed by atoms with van der Waals surface area (Å²) in [5.74, 6) is 0.167. The highest BCUT2D eigenvalue weighted by Crippen LogP contribution is 1.95. The summed E-state index contributed by atoms with van der Waals surface area (Å²) in [6, 6.07) is 12.0. The molecule has 1 rings (SSSR count). The van der Waals surface area contributed by atoms with Crippen LogP contribution in [0.2, 0.25) is 0 Å². The fourth-order valence-electron chi connectivity index (χ4n) is 0.885. The summed E-state index contributed by atoms with van der Waals surface area (Å²) in [5.41, 5.74) is 0. The third kappa shape index (κ3) is 29.3. The van der Waals surface area contributed by atoms with Gasteiger partial charge in [-0.1, -0.05) is 75.9 Å². The van der Waals surface area contributed by atoms with E-state index in [4.69, 9.17) is 0 Å². The van der Waals surface area contributed by atoms with Gasteiger partial charge in [0.25, 0.3) is 0 Å². The van der Waals surface area contributed by atoms with E-state index in [1.165, 1.54) is 39.5 Å². The van der Waals surface area contributed by atoms with Crippen LogP contribution >= 0.6 is 0 Å². The molecule has 0 saturated carbocycles. The molecular weight excluding hydrogens is 196 g/mol. The monoisotopic (exact) mass is 222 g/mol. The van der Waals surface area contributed by atoms with E-state index in [9.17, 15) is 4.79 Å². The first-order chi connectivity index (χ1) is 7.65. The Morgan fingerprint density at radius 2 is 0.938 bits per heavy atom. The van der Waals surface area contributed by atoms with E-state index in [2.05, 4.69) is 13.8 Å². The molecule has 0 aromatic heterocycles. The van der Waals surface area contributed by atoms with E-state index in [0.717, 1.165) is 0 Å². The number of benzene rings is 1. The molecule has 0 radical (unpaired) electrons. The fourth-order valence-corrected chi connectivity index (χ4v) is 0.885. The first-order valence-corrected chi connectivity index (χ1v) is 6.12. The lowest BCUT2D eigenvalue weighted by molar-refractivity contribution is -0.114. The van der Waals surface area contributed by atoms with Crippen molar-refractivity contribution in [2.24, 2.45) is 0 Å². The fraction of sp³-hybridized carbons (Fsp3) is 0.533. The predicted octanol–water partition coefficient (Wildman–Crippen LogP) is 4.87. The largest absolute Gasteiger partial charge is 0.300 e. The standard InChI is InChI=1S/C6H6.C6H14.C3H6O/c1-2-4-6-5-3-1;1-3-5-6-4-2;1-3(2)4/h1-6H;3-6H2,1-2H3;1-2H3. The van der Waals surface area contributed by atoms with Gasteiger partial charge in [0.05, 0.1) is 0 Å². The average molecular weight is 222 g/mol. The molecule has 0 fully saturated rings. The Balaban J connectivity index is 0. The van der Waals surface area contributed by atoms with Crippen molar-refractivity contribution in [3.63, 3.8) is 0 Å². The van der Waals surface area contributed by atoms with Gasteiger partial charge in [0.2, 0.25) is 0 Å². The molecular formula is C15H26O. The second kappa shape index (κ2) is 16.3. The van der Waals surface area contributed by atoms with Crippen LogP contribution < -0.4 is 0 Å². The zero-order valence-corrected chi connectivity index (χ0v) is 11.2. The normalized spacial score (nSPS) is 8.00. The summed E-state index contributed by atoms with van der Waals surface area (Å²) in [6.45, 7) is 7.52. The third-order valence-electron chi connectivity index (χ3n) is 1.62. The van der Waals surface area contributed by atoms with Crippen LogP contribution in [0.25, 0.3) is 0 Å². The number of carbonyl (C=O) groups is 1. The van der Waals surface area contributed by atoms with Gasteiger partial charge in [0.1, 0.15) is 5.78 Å². The molecule has 16 heavy (non-hydrogen) atoms. The van der Waals surface area contributed by atoms with Crippen molar-refractivity contribution in [3.8, 4) is 0 Å². The van der Waals surface area contributed by atoms with Crippen LogP contribution in [0.3, 0.4) is 0 Å². The number of rotatable bonds is 3. The molecule has 0 heterocycles. The second-order valence-corrected chi connectivity index (χ2v) is 3.77. The van der Waals surface area contributed by atoms with E-state index in [1.807, 2.05) is 36.4 Å². The summed E-state index contributed by atoms with van der Waals surface area (Å²) in [4.78, 5) is 9.44. The van der Waals surface area contributed by atoms with Crippen molar-refractivity contribution in [1.82, 2.24) is 0 Å². The lowest BCUT2D eigenvalue weighted by Gasteiger charge is -1.86. The average Bonchev–Trinajstić information content (AvgIpc) is 2.29. The number of ketones is 1. The SMILES string of the molecule is CC(C)=O.CCCCCC.c1ccccc1. The summed E-state index contributed by atoms with van der Waals surface area (Å²) in [5, 5.41) is 0. The van der Waals surface area contributed by atoms with E-state index in [1.54, 1.807) is 0 Å². The van der Waals surface area contributed by atoms with E-state index in [0.29, 0.717) is 0 Å². The van der Waals surface area contributed by atoms with Crippen molar-refractivity contribution < 1.29 is 4.79 Å². The van der Waals surface area contributed by atoms with E-state index < -0.39 is 0 Å². The number of hydrogen-bond donors (Lipinski definition) is 0. The van der Waals surface area contributed by atoms with Gasteiger partial charge < -0.3 is 4.79 Å². The van der Waals surface area contributed by atoms with Gasteiger partial charge in [-0.15, -0.1) is 0 Å². The number of carbonyl (C=O) groups excluding carboxylic acids is 1. The zero-order chi connectivity index (χ0) is 12.6. The van der Waals surface area contributed by atoms with Gasteiger partial charge in [-0.3, -0.25) is 0 Å². The molecule has 1 heteroatoms. The Morgan fingerprint density at radius 3 is 1.06 bits per heavy atom. The first-order valence-electron chi connectivity index (χ1n) is 6.12. The van der Waals surface area contributed by atoms with Crippen molar-refractivity contribution in [2.75, 3.05) is 0 Å². The minimum Gasteiger partial charge on any atom is -0.300 e. The lowest BCUT2D eigenvalue weighted by atomic mass is 10.2. The molecule has 0 bridgehead atoms. The van der Waals surface area contributed by atoms with Gasteiger partial charge in [-0.05, 0) is 13.8 Å². The van der Waals surface area contributed by atoms with Crippen LogP contribution in [0, 0.1) is 0 Å². The van der Waals surface area contributed by atoms with Crippen LogP contribution in [0.5, 0.6) is 0 Å². The Morgan fingerprint density at radius 1 is 0.750 bits per heavy atom. The van der Waals surface area contributed by atoms with Crippen LogP contribution in [0.1, 0.15) is 53.4 Å². The molecule has 1 nitrogen and oxygen atoms in total. The summed E-state index contributed by atoms with van der Waals surface area (Å²) < 4.78 is 0. The van der Waals surface area contributed by atoms with Gasteiger partial charge >= 0.3 is 0 Å². The minimum atomic E-state index is 0.167. The Kier molecular flexibility index (Phi) is 17.6. The molecule has 0 saturated heterocycles. The van der Waals surface area contributed by atoms with E-state index in [-0.39, 0.29) is 5.78 Å². The zero-order valence-electron chi connectivity index (χ0n) is 11.2. The van der Waals surface area contributed by atoms with Crippen LogP contribution in [-0.4, -0.2) is 5.78 Å². The van der Waals surface area contributed by atoms with Crippen LogP contribution in [-0.2, 0) is 4.79 Å². The summed E-state index contributed by atoms with van der Waals surface area (Å²) >= 11 is 0. The van der Waals surface area contributed by atoms with Crippen LogP contribution in [0.4, 0.5) is 0 Å². The molecule has 1 aromatic carbocycles. The topological polar surface area (TPSA) is 17.1 Å². The Hall–Kier alpha value is -1.11. The molecule has 0 spiro atoms. The van der Waals surface area contributed by atoms with Crippen molar-refractivity contribution in [2.45, 2.75) is 53.4 Å². The maximum atomic E-state index is 9.44. The second-order valence-electron chi connectivity index (χ2n) is 3.77. The van der Waals surface area contributed by atoms with Crippen molar-refractivity contribution >= 4 is 5.78 Å². The highest BCUT2D eigenvalue weighted by atomic mass is 16.1. The molecule has 0 unspecified atom stereocenters. The first kappa shape index (κ1) is 17.3. The van der Waals surface area contributed by atoms with Crippen molar-refractivity contribution in [3.05, 3.63) is 36.4 Å². The Bertz CT molecular complexity index is 181. The maximum Gasteiger partial charge on any atom is 0.126 e. The molecule has 0 aliphatic rings. The third-order valence-corrected chi connectivity index (χ3v) is 1.62. The molecule has 0 aliphatic heterocycles. The van der Waals surface area contributed by atoms with Gasteiger partial charge in [-0.2, -0.15) is 0 Å². The number of unbranched alkanes of at least 4 members (excludes halogenated alkanes) is 3. The molecule has 0 atom stereocenters. The Labute approximate surface area is 101 Å². The van der Waals surface area contributed by atoms with Gasteiger partial charge in [0, 0.05) is 0 Å². The predicted molar refractivity (Wildman–Crippen MR) is 72.6 cm³/mol. The van der Waals surface area contributed by atoms with E-state index >= 15 is 0 Å². The highest BCUT2D eigenvalue weighted by Gasteiger charge is 1.75. The highest BCUT2D eigenvalue weighted by molar-refractivity contribution is 5.72. The molecule has 1 aromatic rings. The van der Waals surface area contributed by atoms with Gasteiger partial charge in [0.15, 0.2) is 0 Å². The van der Waals surface area contributed by atoms with Gasteiger partial charge in [-0.25, -0.2) is 0 Å². The van der Waals surface area contributed by atoms with Crippen LogP contribution in [0.15, 0.2) is 36.4 Å². The summed E-state index contributed by atoms with van der Waals surface area (Å²) in [6.07, 6.45) is 5.54. The molecule has 0 amide bonds. The maximum absolute atomic E-state index is 9.44. The quantitative estimate of drug-likeness (QED) is 0.667. The smallest absolute Gasteiger partial charge is 0.126 e. The molecule has 0 N–H and O–H groups in total. The number of Topliss-reactive ketones (excluding diaryl/α,β-unsaturated/α-hetero) is 1. The minimum absolute atomic E-state index is 0.167. The lowest BCUT2D eigenvalue weighted by Crippen LogP contribution is -1.69. The molecule has 0 aliphatic carbocycles. The van der Waals surface area contributed by atoms with Crippen molar-refractivity contribution in [1.29, 1.82) is 0 Å².